The first-order valence-corrected chi connectivity index (χ1v) is 9.87. The fraction of sp³-hybridized carbons (Fsp3) is 0.619. The number of amides is 1. The lowest BCUT2D eigenvalue weighted by Crippen LogP contribution is -2.30. The van der Waals surface area contributed by atoms with Crippen LogP contribution in [0.4, 0.5) is 0 Å². The molecule has 0 fully saturated rings. The molecule has 152 valence electrons. The minimum atomic E-state index is -0.146. The average molecular weight is 386 g/mol. The Balaban J connectivity index is 1.87. The van der Waals surface area contributed by atoms with Crippen molar-refractivity contribution in [2.24, 2.45) is 11.3 Å². The number of hydrogen-bond acceptors (Lipinski definition) is 5. The molecule has 0 saturated heterocycles. The van der Waals surface area contributed by atoms with Gasteiger partial charge in [0.2, 0.25) is 11.8 Å². The molecule has 7 nitrogen and oxygen atoms in total. The zero-order valence-corrected chi connectivity index (χ0v) is 17.7. The molecule has 1 amide bonds. The molecule has 0 bridgehead atoms. The molecular formula is C21H30N4O3. The van der Waals surface area contributed by atoms with Crippen molar-refractivity contribution in [2.45, 2.75) is 73.9 Å². The maximum atomic E-state index is 13.0. The van der Waals surface area contributed by atoms with Gasteiger partial charge in [0.15, 0.2) is 11.6 Å². The Morgan fingerprint density at radius 2 is 2.00 bits per heavy atom. The molecule has 2 heterocycles. The van der Waals surface area contributed by atoms with E-state index in [1.165, 1.54) is 0 Å². The SMILES string of the molecule is Cc1nc(CNC(=O)Cc2c3c(n(CC(C)C)c2C)CC(C)(C)CC3=O)no1. The summed E-state index contributed by atoms with van der Waals surface area (Å²) in [5.74, 6) is 1.37. The summed E-state index contributed by atoms with van der Waals surface area (Å²) in [6.07, 6.45) is 1.55. The number of hydrogen-bond donors (Lipinski definition) is 1. The Bertz CT molecular complexity index is 905. The number of aromatic nitrogens is 3. The van der Waals surface area contributed by atoms with E-state index in [1.807, 2.05) is 6.92 Å². The fourth-order valence-corrected chi connectivity index (χ4v) is 4.05. The van der Waals surface area contributed by atoms with Gasteiger partial charge in [-0.2, -0.15) is 4.98 Å². The molecule has 2 aromatic rings. The van der Waals surface area contributed by atoms with Gasteiger partial charge < -0.3 is 14.4 Å². The second-order valence-corrected chi connectivity index (χ2v) is 9.01. The Kier molecular flexibility index (Phi) is 5.46. The van der Waals surface area contributed by atoms with E-state index in [1.54, 1.807) is 6.92 Å². The molecule has 0 radical (unpaired) electrons. The first-order chi connectivity index (χ1) is 13.1. The molecule has 1 aliphatic rings. The number of Topliss-reactive ketones (excluding diaryl/α,β-unsaturated/α-hetero) is 1. The van der Waals surface area contributed by atoms with Crippen LogP contribution in [-0.4, -0.2) is 26.4 Å². The standard InChI is InChI=1S/C21H30N4O3/c1-12(2)11-25-13(3)15(20-16(25)8-21(5,6)9-17(20)26)7-19(27)22-10-18-23-14(4)28-24-18/h12H,7-11H2,1-6H3,(H,22,27). The summed E-state index contributed by atoms with van der Waals surface area (Å²) >= 11 is 0. The Labute approximate surface area is 165 Å². The molecule has 0 atom stereocenters. The summed E-state index contributed by atoms with van der Waals surface area (Å²) in [5, 5.41) is 6.62. The van der Waals surface area contributed by atoms with Gasteiger partial charge in [-0.25, -0.2) is 0 Å². The minimum Gasteiger partial charge on any atom is -0.348 e. The molecular weight excluding hydrogens is 356 g/mol. The van der Waals surface area contributed by atoms with Gasteiger partial charge in [-0.3, -0.25) is 9.59 Å². The number of aryl methyl sites for hydroxylation is 1. The molecule has 1 aliphatic carbocycles. The molecule has 7 heteroatoms. The molecule has 0 unspecified atom stereocenters. The number of carbonyl (C=O) groups is 2. The predicted molar refractivity (Wildman–Crippen MR) is 105 cm³/mol. The van der Waals surface area contributed by atoms with Gasteiger partial charge in [0, 0.05) is 36.8 Å². The maximum absolute atomic E-state index is 13.0. The van der Waals surface area contributed by atoms with Gasteiger partial charge in [0.25, 0.3) is 0 Å². The number of carbonyl (C=O) groups excluding carboxylic acids is 2. The van der Waals surface area contributed by atoms with E-state index in [4.69, 9.17) is 4.52 Å². The topological polar surface area (TPSA) is 90.0 Å². The maximum Gasteiger partial charge on any atom is 0.224 e. The fourth-order valence-electron chi connectivity index (χ4n) is 4.05. The zero-order chi connectivity index (χ0) is 20.6. The molecule has 1 N–H and O–H groups in total. The second-order valence-electron chi connectivity index (χ2n) is 9.01. The highest BCUT2D eigenvalue weighted by Crippen LogP contribution is 2.39. The smallest absolute Gasteiger partial charge is 0.224 e. The van der Waals surface area contributed by atoms with Crippen molar-refractivity contribution in [1.82, 2.24) is 20.0 Å². The third-order valence-corrected chi connectivity index (χ3v) is 5.22. The van der Waals surface area contributed by atoms with Crippen LogP contribution in [0.25, 0.3) is 0 Å². The Morgan fingerprint density at radius 3 is 2.61 bits per heavy atom. The average Bonchev–Trinajstić information content (AvgIpc) is 3.09. The largest absolute Gasteiger partial charge is 0.348 e. The van der Waals surface area contributed by atoms with Crippen LogP contribution in [0, 0.1) is 25.2 Å². The summed E-state index contributed by atoms with van der Waals surface area (Å²) in [6, 6.07) is 0. The van der Waals surface area contributed by atoms with Crippen molar-refractivity contribution in [2.75, 3.05) is 0 Å². The van der Waals surface area contributed by atoms with Crippen LogP contribution in [0.1, 0.15) is 73.1 Å². The summed E-state index contributed by atoms with van der Waals surface area (Å²) < 4.78 is 7.18. The summed E-state index contributed by atoms with van der Waals surface area (Å²) in [5.41, 5.74) is 3.68. The Hall–Kier alpha value is -2.44. The van der Waals surface area contributed by atoms with Crippen LogP contribution in [0.5, 0.6) is 0 Å². The first-order valence-electron chi connectivity index (χ1n) is 9.87. The van der Waals surface area contributed by atoms with Crippen molar-refractivity contribution in [3.63, 3.8) is 0 Å². The van der Waals surface area contributed by atoms with Crippen molar-refractivity contribution in [3.8, 4) is 0 Å². The minimum absolute atomic E-state index is 0.0559. The van der Waals surface area contributed by atoms with Crippen molar-refractivity contribution < 1.29 is 14.1 Å². The quantitative estimate of drug-likeness (QED) is 0.824. The predicted octanol–water partition coefficient (Wildman–Crippen LogP) is 3.16. The molecule has 0 saturated carbocycles. The number of ketones is 1. The van der Waals surface area contributed by atoms with Gasteiger partial charge in [0.05, 0.1) is 13.0 Å². The number of rotatable bonds is 6. The summed E-state index contributed by atoms with van der Waals surface area (Å²) in [7, 11) is 0. The Morgan fingerprint density at radius 1 is 1.29 bits per heavy atom. The van der Waals surface area contributed by atoms with E-state index >= 15 is 0 Å². The zero-order valence-electron chi connectivity index (χ0n) is 17.7. The van der Waals surface area contributed by atoms with Crippen molar-refractivity contribution >= 4 is 11.7 Å². The van der Waals surface area contributed by atoms with E-state index in [2.05, 4.69) is 47.7 Å². The van der Waals surface area contributed by atoms with E-state index < -0.39 is 0 Å². The van der Waals surface area contributed by atoms with Gasteiger partial charge >= 0.3 is 0 Å². The summed E-state index contributed by atoms with van der Waals surface area (Å²) in [4.78, 5) is 29.6. The van der Waals surface area contributed by atoms with Gasteiger partial charge in [-0.1, -0.05) is 32.9 Å². The lowest BCUT2D eigenvalue weighted by Gasteiger charge is -2.30. The third kappa shape index (κ3) is 4.18. The highest BCUT2D eigenvalue weighted by atomic mass is 16.5. The van der Waals surface area contributed by atoms with Crippen LogP contribution < -0.4 is 5.32 Å². The van der Waals surface area contributed by atoms with Gasteiger partial charge in [0.1, 0.15) is 0 Å². The van der Waals surface area contributed by atoms with Crippen LogP contribution in [0.15, 0.2) is 4.52 Å². The first kappa shape index (κ1) is 20.3. The van der Waals surface area contributed by atoms with E-state index in [-0.39, 0.29) is 30.1 Å². The molecule has 0 spiro atoms. The van der Waals surface area contributed by atoms with Crippen LogP contribution >= 0.6 is 0 Å². The van der Waals surface area contributed by atoms with Gasteiger partial charge in [-0.05, 0) is 30.2 Å². The van der Waals surface area contributed by atoms with E-state index in [0.717, 1.165) is 35.5 Å². The lowest BCUT2D eigenvalue weighted by molar-refractivity contribution is -0.120. The third-order valence-electron chi connectivity index (χ3n) is 5.22. The summed E-state index contributed by atoms with van der Waals surface area (Å²) in [6.45, 7) is 13.4. The van der Waals surface area contributed by atoms with Crippen LogP contribution in [0.3, 0.4) is 0 Å². The van der Waals surface area contributed by atoms with Gasteiger partial charge in [-0.15, -0.1) is 0 Å². The second kappa shape index (κ2) is 7.53. The molecule has 0 aliphatic heterocycles. The lowest BCUT2D eigenvalue weighted by atomic mass is 9.75. The highest BCUT2D eigenvalue weighted by molar-refractivity contribution is 6.01. The van der Waals surface area contributed by atoms with Crippen molar-refractivity contribution in [1.29, 1.82) is 0 Å². The highest BCUT2D eigenvalue weighted by Gasteiger charge is 2.37. The number of fused-ring (bicyclic) bond motifs is 1. The molecule has 3 rings (SSSR count). The molecule has 28 heavy (non-hydrogen) atoms. The molecule has 0 aromatic carbocycles. The van der Waals surface area contributed by atoms with Crippen LogP contribution in [-0.2, 0) is 30.7 Å². The van der Waals surface area contributed by atoms with Crippen molar-refractivity contribution in [3.05, 3.63) is 34.2 Å². The molecule has 2 aromatic heterocycles. The monoisotopic (exact) mass is 386 g/mol. The van der Waals surface area contributed by atoms with E-state index in [9.17, 15) is 9.59 Å². The van der Waals surface area contributed by atoms with E-state index in [0.29, 0.717) is 24.1 Å². The van der Waals surface area contributed by atoms with Crippen LogP contribution in [0.2, 0.25) is 0 Å². The number of nitrogens with one attached hydrogen (secondary N) is 1. The normalized spacial score (nSPS) is 15.8. The number of nitrogens with zero attached hydrogens (tertiary/aromatic N) is 3.